The first-order chi connectivity index (χ1) is 8.97. The third-order valence-electron chi connectivity index (χ3n) is 3.56. The highest BCUT2D eigenvalue weighted by molar-refractivity contribution is 6.31. The zero-order chi connectivity index (χ0) is 14.0. The van der Waals surface area contributed by atoms with E-state index in [2.05, 4.69) is 5.32 Å². The molecule has 0 spiro atoms. The quantitative estimate of drug-likeness (QED) is 0.895. The second-order valence-corrected chi connectivity index (χ2v) is 5.41. The van der Waals surface area contributed by atoms with Crippen molar-refractivity contribution in [3.05, 3.63) is 34.3 Å². The Morgan fingerprint density at radius 3 is 2.74 bits per heavy atom. The van der Waals surface area contributed by atoms with Crippen LogP contribution >= 0.6 is 11.6 Å². The van der Waals surface area contributed by atoms with Crippen LogP contribution in [-0.4, -0.2) is 23.0 Å². The summed E-state index contributed by atoms with van der Waals surface area (Å²) in [6, 6.07) is 5.11. The molecule has 2 rings (SSSR count). The van der Waals surface area contributed by atoms with Gasteiger partial charge in [0.25, 0.3) is 5.91 Å². The van der Waals surface area contributed by atoms with Crippen molar-refractivity contribution in [1.82, 2.24) is 5.32 Å². The fourth-order valence-electron chi connectivity index (χ4n) is 2.44. The Hall–Kier alpha value is -1.55. The molecule has 5 heteroatoms. The first kappa shape index (κ1) is 13.9. The molecule has 1 aliphatic rings. The van der Waals surface area contributed by atoms with Crippen molar-refractivity contribution in [1.29, 1.82) is 0 Å². The molecule has 1 amide bonds. The van der Waals surface area contributed by atoms with Crippen LogP contribution in [0.3, 0.4) is 0 Å². The smallest absolute Gasteiger partial charge is 0.306 e. The van der Waals surface area contributed by atoms with Crippen molar-refractivity contribution < 1.29 is 14.7 Å². The molecule has 1 saturated carbocycles. The van der Waals surface area contributed by atoms with Crippen LogP contribution < -0.4 is 5.32 Å². The monoisotopic (exact) mass is 281 g/mol. The molecule has 1 fully saturated rings. The van der Waals surface area contributed by atoms with Crippen LogP contribution in [0, 0.1) is 12.8 Å². The van der Waals surface area contributed by atoms with Gasteiger partial charge in [-0.1, -0.05) is 17.7 Å². The molecule has 102 valence electrons. The first-order valence-corrected chi connectivity index (χ1v) is 6.65. The van der Waals surface area contributed by atoms with E-state index < -0.39 is 5.97 Å². The standard InChI is InChI=1S/C14H16ClNO3/c1-8-2-4-10(15)7-12(8)13(17)16-11-5-3-9(6-11)14(18)19/h2,4,7,9,11H,3,5-6H2,1H3,(H,16,17)(H,18,19)/t9-,11+/m1/s1. The highest BCUT2D eigenvalue weighted by atomic mass is 35.5. The summed E-state index contributed by atoms with van der Waals surface area (Å²) in [6.07, 6.45) is 1.83. The minimum absolute atomic E-state index is 0.0630. The van der Waals surface area contributed by atoms with Crippen LogP contribution in [0.1, 0.15) is 35.2 Å². The molecule has 2 N–H and O–H groups in total. The molecular weight excluding hydrogens is 266 g/mol. The maximum atomic E-state index is 12.1. The lowest BCUT2D eigenvalue weighted by Gasteiger charge is -2.14. The van der Waals surface area contributed by atoms with Crippen molar-refractivity contribution in [3.8, 4) is 0 Å². The fraction of sp³-hybridized carbons (Fsp3) is 0.429. The maximum Gasteiger partial charge on any atom is 0.306 e. The Morgan fingerprint density at radius 2 is 2.11 bits per heavy atom. The van der Waals surface area contributed by atoms with Gasteiger partial charge in [-0.15, -0.1) is 0 Å². The van der Waals surface area contributed by atoms with Gasteiger partial charge in [0, 0.05) is 16.6 Å². The largest absolute Gasteiger partial charge is 0.481 e. The Balaban J connectivity index is 2.02. The van der Waals surface area contributed by atoms with Crippen molar-refractivity contribution in [3.63, 3.8) is 0 Å². The Morgan fingerprint density at radius 1 is 1.37 bits per heavy atom. The first-order valence-electron chi connectivity index (χ1n) is 6.27. The summed E-state index contributed by atoms with van der Waals surface area (Å²) in [7, 11) is 0. The Labute approximate surface area is 116 Å². The second kappa shape index (κ2) is 5.61. The number of carboxylic acid groups (broad SMARTS) is 1. The topological polar surface area (TPSA) is 66.4 Å². The molecule has 1 aliphatic carbocycles. The summed E-state index contributed by atoms with van der Waals surface area (Å²) in [5.41, 5.74) is 1.40. The molecule has 2 atom stereocenters. The van der Waals surface area contributed by atoms with Crippen LogP contribution in [0.2, 0.25) is 5.02 Å². The van der Waals surface area contributed by atoms with Crippen molar-refractivity contribution in [2.24, 2.45) is 5.92 Å². The van der Waals surface area contributed by atoms with E-state index in [0.717, 1.165) is 5.56 Å². The normalized spacial score (nSPS) is 22.2. The summed E-state index contributed by atoms with van der Waals surface area (Å²) >= 11 is 5.88. The van der Waals surface area contributed by atoms with Gasteiger partial charge in [0.2, 0.25) is 0 Å². The van der Waals surface area contributed by atoms with Crippen LogP contribution in [-0.2, 0) is 4.79 Å². The number of aliphatic carboxylic acids is 1. The van der Waals surface area contributed by atoms with Gasteiger partial charge in [-0.05, 0) is 43.9 Å². The lowest BCUT2D eigenvalue weighted by molar-refractivity contribution is -0.141. The van der Waals surface area contributed by atoms with Crippen LogP contribution in [0.4, 0.5) is 0 Å². The van der Waals surface area contributed by atoms with E-state index in [9.17, 15) is 9.59 Å². The number of hydrogen-bond donors (Lipinski definition) is 2. The molecule has 0 saturated heterocycles. The summed E-state index contributed by atoms with van der Waals surface area (Å²) in [6.45, 7) is 1.85. The Bertz CT molecular complexity index is 515. The van der Waals surface area contributed by atoms with Crippen molar-refractivity contribution >= 4 is 23.5 Å². The number of carboxylic acids is 1. The number of halogens is 1. The average molecular weight is 282 g/mol. The molecule has 1 aromatic carbocycles. The highest BCUT2D eigenvalue weighted by Gasteiger charge is 2.30. The molecule has 0 aliphatic heterocycles. The van der Waals surface area contributed by atoms with Crippen LogP contribution in [0.25, 0.3) is 0 Å². The summed E-state index contributed by atoms with van der Waals surface area (Å²) < 4.78 is 0. The van der Waals surface area contributed by atoms with Gasteiger partial charge in [-0.3, -0.25) is 9.59 Å². The lowest BCUT2D eigenvalue weighted by atomic mass is 10.1. The van der Waals surface area contributed by atoms with E-state index in [4.69, 9.17) is 16.7 Å². The zero-order valence-electron chi connectivity index (χ0n) is 10.6. The second-order valence-electron chi connectivity index (χ2n) is 4.98. The molecular formula is C14H16ClNO3. The van der Waals surface area contributed by atoms with E-state index >= 15 is 0 Å². The number of carbonyl (C=O) groups excluding carboxylic acids is 1. The number of benzene rings is 1. The lowest BCUT2D eigenvalue weighted by Crippen LogP contribution is -2.33. The predicted molar refractivity (Wildman–Crippen MR) is 72.4 cm³/mol. The van der Waals surface area contributed by atoms with Gasteiger partial charge < -0.3 is 10.4 Å². The minimum atomic E-state index is -0.782. The van der Waals surface area contributed by atoms with Gasteiger partial charge in [-0.25, -0.2) is 0 Å². The van der Waals surface area contributed by atoms with E-state index in [-0.39, 0.29) is 17.9 Å². The van der Waals surface area contributed by atoms with Crippen LogP contribution in [0.5, 0.6) is 0 Å². The molecule has 0 radical (unpaired) electrons. The van der Waals surface area contributed by atoms with E-state index in [1.54, 1.807) is 18.2 Å². The zero-order valence-corrected chi connectivity index (χ0v) is 11.4. The minimum Gasteiger partial charge on any atom is -0.481 e. The average Bonchev–Trinajstić information content (AvgIpc) is 2.80. The van der Waals surface area contributed by atoms with E-state index in [1.165, 1.54) is 0 Å². The summed E-state index contributed by atoms with van der Waals surface area (Å²) in [4.78, 5) is 23.0. The van der Waals surface area contributed by atoms with Gasteiger partial charge in [0.05, 0.1) is 5.92 Å². The molecule has 1 aromatic rings. The number of carbonyl (C=O) groups is 2. The number of aryl methyl sites for hydroxylation is 1. The van der Waals surface area contributed by atoms with Gasteiger partial charge in [-0.2, -0.15) is 0 Å². The summed E-state index contributed by atoms with van der Waals surface area (Å²) in [5, 5.41) is 12.3. The van der Waals surface area contributed by atoms with Gasteiger partial charge in [0.1, 0.15) is 0 Å². The Kier molecular flexibility index (Phi) is 4.10. The van der Waals surface area contributed by atoms with Crippen molar-refractivity contribution in [2.45, 2.75) is 32.2 Å². The third kappa shape index (κ3) is 3.26. The molecule has 0 heterocycles. The van der Waals surface area contributed by atoms with Crippen molar-refractivity contribution in [2.75, 3.05) is 0 Å². The molecule has 4 nitrogen and oxygen atoms in total. The van der Waals surface area contributed by atoms with E-state index in [1.807, 2.05) is 6.92 Å². The highest BCUT2D eigenvalue weighted by Crippen LogP contribution is 2.26. The molecule has 0 bridgehead atoms. The fourth-order valence-corrected chi connectivity index (χ4v) is 2.61. The van der Waals surface area contributed by atoms with Crippen LogP contribution in [0.15, 0.2) is 18.2 Å². The van der Waals surface area contributed by atoms with E-state index in [0.29, 0.717) is 29.8 Å². The number of nitrogens with one attached hydrogen (secondary N) is 1. The maximum absolute atomic E-state index is 12.1. The number of hydrogen-bond acceptors (Lipinski definition) is 2. The number of amides is 1. The third-order valence-corrected chi connectivity index (χ3v) is 3.80. The summed E-state index contributed by atoms with van der Waals surface area (Å²) in [5.74, 6) is -1.31. The molecule has 0 unspecified atom stereocenters. The van der Waals surface area contributed by atoms with Gasteiger partial charge >= 0.3 is 5.97 Å². The number of rotatable bonds is 3. The van der Waals surface area contributed by atoms with Gasteiger partial charge in [0.15, 0.2) is 0 Å². The SMILES string of the molecule is Cc1ccc(Cl)cc1C(=O)N[C@H]1CC[C@@H](C(=O)O)C1. The predicted octanol–water partition coefficient (Wildman–Crippen LogP) is 2.63. The molecule has 0 aromatic heterocycles. The molecule has 19 heavy (non-hydrogen) atoms.